The third-order valence-corrected chi connectivity index (χ3v) is 3.88. The second-order valence-corrected chi connectivity index (χ2v) is 5.71. The van der Waals surface area contributed by atoms with Crippen molar-refractivity contribution in [3.05, 3.63) is 60.2 Å². The number of benzene rings is 2. The minimum atomic E-state index is -0.536. The van der Waals surface area contributed by atoms with Crippen LogP contribution in [0.1, 0.15) is 0 Å². The van der Waals surface area contributed by atoms with E-state index in [2.05, 4.69) is 5.32 Å². The molecule has 1 fully saturated rings. The van der Waals surface area contributed by atoms with Gasteiger partial charge < -0.3 is 15.0 Å². The minimum absolute atomic E-state index is 0.0109. The molecule has 2 aromatic rings. The van der Waals surface area contributed by atoms with E-state index in [9.17, 15) is 18.4 Å². The average Bonchev–Trinajstić information content (AvgIpc) is 2.52. The summed E-state index contributed by atoms with van der Waals surface area (Å²) in [5.74, 6) is -1.92. The van der Waals surface area contributed by atoms with Gasteiger partial charge in [0.25, 0.3) is 5.91 Å². The Morgan fingerprint density at radius 1 is 1.12 bits per heavy atom. The predicted octanol–water partition coefficient (Wildman–Crippen LogP) is 2.44. The van der Waals surface area contributed by atoms with Crippen LogP contribution in [0.2, 0.25) is 0 Å². The van der Waals surface area contributed by atoms with Gasteiger partial charge in [-0.05, 0) is 30.3 Å². The molecule has 5 nitrogen and oxygen atoms in total. The highest BCUT2D eigenvalue weighted by Crippen LogP contribution is 2.20. The molecule has 0 radical (unpaired) electrons. The molecule has 1 aliphatic rings. The van der Waals surface area contributed by atoms with Crippen LogP contribution in [-0.4, -0.2) is 36.4 Å². The largest absolute Gasteiger partial charge is 0.481 e. The number of nitrogens with one attached hydrogen (secondary N) is 1. The van der Waals surface area contributed by atoms with Gasteiger partial charge in [-0.25, -0.2) is 8.78 Å². The standard InChI is InChI=1S/C18H16F2N2O3/c19-13-4-3-5-14(8-13)21-18(24)12-9-22(10-12)17(23)11-25-16-7-2-1-6-15(16)20/h1-8,12H,9-11H2,(H,21,24). The van der Waals surface area contributed by atoms with E-state index < -0.39 is 11.6 Å². The topological polar surface area (TPSA) is 58.6 Å². The van der Waals surface area contributed by atoms with Crippen molar-refractivity contribution >= 4 is 17.5 Å². The van der Waals surface area contributed by atoms with Crippen LogP contribution in [0.5, 0.6) is 5.75 Å². The number of carbonyl (C=O) groups excluding carboxylic acids is 2. The number of hydrogen-bond donors (Lipinski definition) is 1. The Bertz CT molecular complexity index is 791. The van der Waals surface area contributed by atoms with E-state index in [1.807, 2.05) is 0 Å². The molecule has 1 saturated heterocycles. The van der Waals surface area contributed by atoms with Gasteiger partial charge in [0.2, 0.25) is 5.91 Å². The molecule has 0 bridgehead atoms. The molecule has 3 rings (SSSR count). The Balaban J connectivity index is 1.44. The van der Waals surface area contributed by atoms with Crippen LogP contribution in [0.15, 0.2) is 48.5 Å². The van der Waals surface area contributed by atoms with Crippen LogP contribution in [-0.2, 0) is 9.59 Å². The maximum atomic E-state index is 13.4. The molecule has 130 valence electrons. The number of rotatable bonds is 5. The van der Waals surface area contributed by atoms with Gasteiger partial charge in [-0.2, -0.15) is 0 Å². The molecule has 7 heteroatoms. The molecular weight excluding hydrogens is 330 g/mol. The first kappa shape index (κ1) is 16.9. The quantitative estimate of drug-likeness (QED) is 0.905. The number of anilines is 1. The van der Waals surface area contributed by atoms with Crippen molar-refractivity contribution in [2.45, 2.75) is 0 Å². The molecule has 0 saturated carbocycles. The van der Waals surface area contributed by atoms with Crippen LogP contribution in [0.25, 0.3) is 0 Å². The molecule has 1 N–H and O–H groups in total. The third-order valence-electron chi connectivity index (χ3n) is 3.88. The fourth-order valence-corrected chi connectivity index (χ4v) is 2.45. The zero-order valence-electron chi connectivity index (χ0n) is 13.2. The Kier molecular flexibility index (Phi) is 4.92. The summed E-state index contributed by atoms with van der Waals surface area (Å²) in [6.45, 7) is 0.209. The SMILES string of the molecule is O=C(Nc1cccc(F)c1)C1CN(C(=O)COc2ccccc2F)C1. The molecular formula is C18H16F2N2O3. The van der Waals surface area contributed by atoms with Crippen molar-refractivity contribution in [2.75, 3.05) is 25.0 Å². The number of para-hydroxylation sites is 1. The number of likely N-dealkylation sites (tertiary alicyclic amines) is 1. The van der Waals surface area contributed by atoms with Gasteiger partial charge in [0.1, 0.15) is 5.82 Å². The molecule has 0 atom stereocenters. The Hall–Kier alpha value is -2.96. The zero-order valence-corrected chi connectivity index (χ0v) is 13.2. The van der Waals surface area contributed by atoms with Crippen LogP contribution < -0.4 is 10.1 Å². The molecule has 1 aliphatic heterocycles. The van der Waals surface area contributed by atoms with Gasteiger partial charge in [0.15, 0.2) is 18.2 Å². The van der Waals surface area contributed by atoms with Crippen LogP contribution in [0.4, 0.5) is 14.5 Å². The number of halogens is 2. The van der Waals surface area contributed by atoms with E-state index in [0.717, 1.165) is 0 Å². The average molecular weight is 346 g/mol. The van der Waals surface area contributed by atoms with Crippen molar-refractivity contribution in [3.63, 3.8) is 0 Å². The van der Waals surface area contributed by atoms with E-state index in [1.54, 1.807) is 12.1 Å². The molecule has 2 amide bonds. The van der Waals surface area contributed by atoms with Crippen LogP contribution in [0, 0.1) is 17.6 Å². The Morgan fingerprint density at radius 2 is 1.88 bits per heavy atom. The highest BCUT2D eigenvalue weighted by molar-refractivity contribution is 5.94. The fraction of sp³-hybridized carbons (Fsp3) is 0.222. The van der Waals surface area contributed by atoms with Gasteiger partial charge in [-0.1, -0.05) is 18.2 Å². The monoisotopic (exact) mass is 346 g/mol. The smallest absolute Gasteiger partial charge is 0.260 e. The molecule has 0 aromatic heterocycles. The second-order valence-electron chi connectivity index (χ2n) is 5.71. The molecule has 25 heavy (non-hydrogen) atoms. The lowest BCUT2D eigenvalue weighted by Crippen LogP contribution is -2.55. The minimum Gasteiger partial charge on any atom is -0.481 e. The van der Waals surface area contributed by atoms with Gasteiger partial charge in [-0.15, -0.1) is 0 Å². The number of amides is 2. The normalized spacial score (nSPS) is 13.9. The number of ether oxygens (including phenoxy) is 1. The second kappa shape index (κ2) is 7.29. The summed E-state index contributed by atoms with van der Waals surface area (Å²) < 4.78 is 31.7. The number of hydrogen-bond acceptors (Lipinski definition) is 3. The summed E-state index contributed by atoms with van der Waals surface area (Å²) >= 11 is 0. The third kappa shape index (κ3) is 4.12. The zero-order chi connectivity index (χ0) is 17.8. The van der Waals surface area contributed by atoms with Crippen molar-refractivity contribution in [2.24, 2.45) is 5.92 Å². The molecule has 1 heterocycles. The lowest BCUT2D eigenvalue weighted by atomic mass is 9.99. The van der Waals surface area contributed by atoms with Crippen LogP contribution >= 0.6 is 0 Å². The molecule has 0 aliphatic carbocycles. The molecule has 2 aromatic carbocycles. The van der Waals surface area contributed by atoms with E-state index in [4.69, 9.17) is 4.74 Å². The van der Waals surface area contributed by atoms with Crippen molar-refractivity contribution in [3.8, 4) is 5.75 Å². The highest BCUT2D eigenvalue weighted by atomic mass is 19.1. The first-order valence-corrected chi connectivity index (χ1v) is 7.74. The number of nitrogens with zero attached hydrogens (tertiary/aromatic N) is 1. The fourth-order valence-electron chi connectivity index (χ4n) is 2.45. The van der Waals surface area contributed by atoms with E-state index >= 15 is 0 Å². The van der Waals surface area contributed by atoms with Gasteiger partial charge in [0, 0.05) is 18.8 Å². The van der Waals surface area contributed by atoms with Crippen molar-refractivity contribution in [1.82, 2.24) is 4.90 Å². The van der Waals surface area contributed by atoms with E-state index in [0.29, 0.717) is 5.69 Å². The first-order chi connectivity index (χ1) is 12.0. The van der Waals surface area contributed by atoms with E-state index in [1.165, 1.54) is 41.3 Å². The summed E-state index contributed by atoms with van der Waals surface area (Å²) in [6.07, 6.45) is 0. The van der Waals surface area contributed by atoms with Gasteiger partial charge in [-0.3, -0.25) is 9.59 Å². The summed E-state index contributed by atoms with van der Waals surface area (Å²) in [5, 5.41) is 2.61. The Labute approximate surface area is 143 Å². The predicted molar refractivity (Wildman–Crippen MR) is 87.0 cm³/mol. The van der Waals surface area contributed by atoms with E-state index in [-0.39, 0.29) is 43.2 Å². The summed E-state index contributed by atoms with van der Waals surface area (Å²) in [7, 11) is 0. The first-order valence-electron chi connectivity index (χ1n) is 7.74. The molecule has 0 unspecified atom stereocenters. The summed E-state index contributed by atoms with van der Waals surface area (Å²) in [4.78, 5) is 25.5. The lowest BCUT2D eigenvalue weighted by molar-refractivity contribution is -0.143. The van der Waals surface area contributed by atoms with Crippen molar-refractivity contribution < 1.29 is 23.1 Å². The lowest BCUT2D eigenvalue weighted by Gasteiger charge is -2.38. The van der Waals surface area contributed by atoms with Gasteiger partial charge in [0.05, 0.1) is 5.92 Å². The maximum Gasteiger partial charge on any atom is 0.260 e. The Morgan fingerprint density at radius 3 is 2.60 bits per heavy atom. The highest BCUT2D eigenvalue weighted by Gasteiger charge is 2.35. The van der Waals surface area contributed by atoms with Crippen molar-refractivity contribution in [1.29, 1.82) is 0 Å². The molecule has 0 spiro atoms. The summed E-state index contributed by atoms with van der Waals surface area (Å²) in [6, 6.07) is 11.4. The summed E-state index contributed by atoms with van der Waals surface area (Å²) in [5.41, 5.74) is 0.373. The van der Waals surface area contributed by atoms with Crippen LogP contribution in [0.3, 0.4) is 0 Å². The van der Waals surface area contributed by atoms with Gasteiger partial charge >= 0.3 is 0 Å². The number of carbonyl (C=O) groups is 2. The maximum absolute atomic E-state index is 13.4.